The van der Waals surface area contributed by atoms with Crippen LogP contribution in [0.25, 0.3) is 0 Å². The third kappa shape index (κ3) is 5.50. The first-order valence-corrected chi connectivity index (χ1v) is 6.90. The van der Waals surface area contributed by atoms with Gasteiger partial charge in [0, 0.05) is 6.54 Å². The molecule has 1 aliphatic heterocycles. The Morgan fingerprint density at radius 3 is 2.59 bits per heavy atom. The predicted molar refractivity (Wildman–Crippen MR) is 69.0 cm³/mol. The largest absolute Gasteiger partial charge is 0.465 e. The summed E-state index contributed by atoms with van der Waals surface area (Å²) >= 11 is 0. The smallest absolute Gasteiger partial charge is 0.323 e. The highest BCUT2D eigenvalue weighted by molar-refractivity contribution is 5.75. The van der Waals surface area contributed by atoms with E-state index >= 15 is 0 Å². The molecule has 17 heavy (non-hydrogen) atoms. The molecule has 100 valence electrons. The fraction of sp³-hybridized carbons (Fsp3) is 0.923. The van der Waals surface area contributed by atoms with Crippen LogP contribution < -0.4 is 5.32 Å². The Kier molecular flexibility index (Phi) is 7.21. The van der Waals surface area contributed by atoms with Crippen LogP contribution in [0.4, 0.5) is 0 Å². The summed E-state index contributed by atoms with van der Waals surface area (Å²) in [5.41, 5.74) is 0. The van der Waals surface area contributed by atoms with Crippen LogP contribution >= 0.6 is 0 Å². The number of carbonyl (C=O) groups excluding carboxylic acids is 1. The summed E-state index contributed by atoms with van der Waals surface area (Å²) in [4.78, 5) is 14.2. The van der Waals surface area contributed by atoms with Crippen LogP contribution in [0, 0.1) is 0 Å². The van der Waals surface area contributed by atoms with E-state index < -0.39 is 0 Å². The number of piperidine rings is 1. The molecule has 4 heteroatoms. The van der Waals surface area contributed by atoms with Gasteiger partial charge in [-0.3, -0.25) is 4.79 Å². The van der Waals surface area contributed by atoms with Gasteiger partial charge in [0.15, 0.2) is 0 Å². The van der Waals surface area contributed by atoms with Gasteiger partial charge in [-0.1, -0.05) is 13.3 Å². The molecule has 1 saturated heterocycles. The lowest BCUT2D eigenvalue weighted by molar-refractivity contribution is -0.145. The highest BCUT2D eigenvalue weighted by Crippen LogP contribution is 2.09. The van der Waals surface area contributed by atoms with Gasteiger partial charge in [-0.25, -0.2) is 0 Å². The van der Waals surface area contributed by atoms with Crippen LogP contribution in [0.2, 0.25) is 0 Å². The van der Waals surface area contributed by atoms with Gasteiger partial charge in [-0.05, 0) is 45.8 Å². The number of ether oxygens (including phenoxy) is 1. The summed E-state index contributed by atoms with van der Waals surface area (Å²) in [6.45, 7) is 8.51. The van der Waals surface area contributed by atoms with Crippen molar-refractivity contribution < 1.29 is 9.53 Å². The van der Waals surface area contributed by atoms with E-state index in [4.69, 9.17) is 4.74 Å². The number of hydrogen-bond acceptors (Lipinski definition) is 4. The Balaban J connectivity index is 2.29. The molecule has 0 amide bonds. The molecule has 1 N–H and O–H groups in total. The van der Waals surface area contributed by atoms with Crippen LogP contribution in [0.3, 0.4) is 0 Å². The van der Waals surface area contributed by atoms with Crippen molar-refractivity contribution >= 4 is 5.97 Å². The molecule has 0 bridgehead atoms. The molecule has 0 saturated carbocycles. The van der Waals surface area contributed by atoms with Gasteiger partial charge < -0.3 is 15.0 Å². The highest BCUT2D eigenvalue weighted by Gasteiger charge is 2.20. The Bertz CT molecular complexity index is 215. The van der Waals surface area contributed by atoms with E-state index in [0.717, 1.165) is 19.5 Å². The first-order chi connectivity index (χ1) is 8.27. The van der Waals surface area contributed by atoms with Crippen LogP contribution in [0.15, 0.2) is 0 Å². The van der Waals surface area contributed by atoms with Crippen LogP contribution in [0.1, 0.15) is 39.5 Å². The Morgan fingerprint density at radius 2 is 2.00 bits per heavy atom. The van der Waals surface area contributed by atoms with Crippen molar-refractivity contribution in [2.24, 2.45) is 0 Å². The van der Waals surface area contributed by atoms with E-state index in [-0.39, 0.29) is 12.0 Å². The molecule has 1 rings (SSSR count). The molecular weight excluding hydrogens is 216 g/mol. The van der Waals surface area contributed by atoms with Crippen molar-refractivity contribution in [3.8, 4) is 0 Å². The number of likely N-dealkylation sites (N-methyl/N-ethyl adjacent to an activating group) is 1. The molecule has 1 fully saturated rings. The molecule has 1 aliphatic rings. The zero-order valence-corrected chi connectivity index (χ0v) is 11.2. The number of esters is 1. The second-order valence-corrected chi connectivity index (χ2v) is 4.55. The van der Waals surface area contributed by atoms with Crippen molar-refractivity contribution in [1.29, 1.82) is 0 Å². The van der Waals surface area contributed by atoms with E-state index in [1.807, 2.05) is 13.8 Å². The maximum Gasteiger partial charge on any atom is 0.323 e. The molecule has 0 aliphatic carbocycles. The molecule has 1 heterocycles. The van der Waals surface area contributed by atoms with Crippen molar-refractivity contribution in [2.45, 2.75) is 45.6 Å². The maximum atomic E-state index is 11.7. The maximum absolute atomic E-state index is 11.7. The lowest BCUT2D eigenvalue weighted by Crippen LogP contribution is -2.41. The molecule has 0 aromatic rings. The summed E-state index contributed by atoms with van der Waals surface area (Å²) in [7, 11) is 0. The van der Waals surface area contributed by atoms with E-state index in [9.17, 15) is 4.79 Å². The van der Waals surface area contributed by atoms with E-state index in [1.54, 1.807) is 0 Å². The van der Waals surface area contributed by atoms with Gasteiger partial charge in [0.25, 0.3) is 0 Å². The highest BCUT2D eigenvalue weighted by atomic mass is 16.5. The number of nitrogens with zero attached hydrogens (tertiary/aromatic N) is 1. The Hall–Kier alpha value is -0.610. The van der Waals surface area contributed by atoms with Crippen LogP contribution in [0.5, 0.6) is 0 Å². The van der Waals surface area contributed by atoms with Crippen LogP contribution in [-0.2, 0) is 9.53 Å². The molecule has 4 nitrogen and oxygen atoms in total. The minimum Gasteiger partial charge on any atom is -0.465 e. The van der Waals surface area contributed by atoms with Crippen molar-refractivity contribution in [1.82, 2.24) is 10.2 Å². The Labute approximate surface area is 105 Å². The van der Waals surface area contributed by atoms with Crippen molar-refractivity contribution in [2.75, 3.05) is 32.8 Å². The van der Waals surface area contributed by atoms with Gasteiger partial charge in [0.1, 0.15) is 6.04 Å². The predicted octanol–water partition coefficient (Wildman–Crippen LogP) is 1.40. The first-order valence-electron chi connectivity index (χ1n) is 6.90. The average molecular weight is 242 g/mol. The number of likely N-dealkylation sites (tertiary alicyclic amines) is 1. The van der Waals surface area contributed by atoms with Gasteiger partial charge in [-0.2, -0.15) is 0 Å². The third-order valence-electron chi connectivity index (χ3n) is 3.20. The lowest BCUT2D eigenvalue weighted by Gasteiger charge is -2.27. The summed E-state index contributed by atoms with van der Waals surface area (Å²) in [6, 6.07) is -0.137. The molecule has 1 unspecified atom stereocenters. The molecule has 1 atom stereocenters. The third-order valence-corrected chi connectivity index (χ3v) is 3.20. The SMILES string of the molecule is CCNC(CCN1CCCCC1)C(=O)OCC. The molecule has 0 spiro atoms. The van der Waals surface area contributed by atoms with Crippen LogP contribution in [-0.4, -0.2) is 49.7 Å². The monoisotopic (exact) mass is 242 g/mol. The van der Waals surface area contributed by atoms with Crippen molar-refractivity contribution in [3.63, 3.8) is 0 Å². The summed E-state index contributed by atoms with van der Waals surface area (Å²) in [5, 5.41) is 3.21. The van der Waals surface area contributed by atoms with Gasteiger partial charge in [0.05, 0.1) is 6.61 Å². The summed E-state index contributed by atoms with van der Waals surface area (Å²) in [6.07, 6.45) is 4.80. The minimum atomic E-state index is -0.137. The molecule has 0 aromatic heterocycles. The number of hydrogen-bond donors (Lipinski definition) is 1. The second kappa shape index (κ2) is 8.48. The summed E-state index contributed by atoms with van der Waals surface area (Å²) in [5.74, 6) is -0.105. The minimum absolute atomic E-state index is 0.105. The number of nitrogens with one attached hydrogen (secondary N) is 1. The van der Waals surface area contributed by atoms with E-state index in [0.29, 0.717) is 6.61 Å². The normalized spacial score (nSPS) is 18.9. The average Bonchev–Trinajstić information content (AvgIpc) is 2.36. The second-order valence-electron chi connectivity index (χ2n) is 4.55. The molecular formula is C13H26N2O2. The summed E-state index contributed by atoms with van der Waals surface area (Å²) < 4.78 is 5.08. The van der Waals surface area contributed by atoms with Gasteiger partial charge in [0.2, 0.25) is 0 Å². The zero-order valence-electron chi connectivity index (χ0n) is 11.2. The Morgan fingerprint density at radius 1 is 1.29 bits per heavy atom. The van der Waals surface area contributed by atoms with Crippen molar-refractivity contribution in [3.05, 3.63) is 0 Å². The first kappa shape index (κ1) is 14.5. The lowest BCUT2D eigenvalue weighted by atomic mass is 10.1. The molecule has 0 aromatic carbocycles. The van der Waals surface area contributed by atoms with E-state index in [1.165, 1.54) is 32.4 Å². The van der Waals surface area contributed by atoms with Gasteiger partial charge in [-0.15, -0.1) is 0 Å². The van der Waals surface area contributed by atoms with E-state index in [2.05, 4.69) is 10.2 Å². The standard InChI is InChI=1S/C13H26N2O2/c1-3-14-12(13(16)17-4-2)8-11-15-9-6-5-7-10-15/h12,14H,3-11H2,1-2H3. The number of carbonyl (C=O) groups is 1. The molecule has 0 radical (unpaired) electrons. The fourth-order valence-electron chi connectivity index (χ4n) is 2.29. The zero-order chi connectivity index (χ0) is 12.5. The number of rotatable bonds is 7. The quantitative estimate of drug-likeness (QED) is 0.685. The fourth-order valence-corrected chi connectivity index (χ4v) is 2.29. The van der Waals surface area contributed by atoms with Gasteiger partial charge >= 0.3 is 5.97 Å². The topological polar surface area (TPSA) is 41.6 Å².